The van der Waals surface area contributed by atoms with Gasteiger partial charge in [-0.2, -0.15) is 0 Å². The fourth-order valence-corrected chi connectivity index (χ4v) is 2.22. The van der Waals surface area contributed by atoms with Crippen LogP contribution >= 0.6 is 0 Å². The van der Waals surface area contributed by atoms with Gasteiger partial charge in [0, 0.05) is 26.3 Å². The van der Waals surface area contributed by atoms with Gasteiger partial charge in [-0.15, -0.1) is 0 Å². The number of rotatable bonds is 6. The Morgan fingerprint density at radius 2 is 2.00 bits per heavy atom. The lowest BCUT2D eigenvalue weighted by Crippen LogP contribution is -2.36. The maximum Gasteiger partial charge on any atom is 0.0476 e. The zero-order valence-corrected chi connectivity index (χ0v) is 9.94. The van der Waals surface area contributed by atoms with E-state index in [4.69, 9.17) is 4.74 Å². The largest absolute Gasteiger partial charge is 0.385 e. The van der Waals surface area contributed by atoms with Crippen molar-refractivity contribution in [3.63, 3.8) is 0 Å². The molecule has 14 heavy (non-hydrogen) atoms. The van der Waals surface area contributed by atoms with Crippen molar-refractivity contribution in [3.8, 4) is 0 Å². The molecular formula is C12H25NO. The Hall–Kier alpha value is -0.0800. The number of hydrogen-bond donors (Lipinski definition) is 1. The van der Waals surface area contributed by atoms with Gasteiger partial charge >= 0.3 is 0 Å². The van der Waals surface area contributed by atoms with E-state index in [1.807, 2.05) is 0 Å². The summed E-state index contributed by atoms with van der Waals surface area (Å²) in [5.41, 5.74) is 0.571. The fourth-order valence-electron chi connectivity index (χ4n) is 2.22. The Kier molecular flexibility index (Phi) is 4.90. The Labute approximate surface area is 88.4 Å². The van der Waals surface area contributed by atoms with Gasteiger partial charge in [-0.1, -0.05) is 19.8 Å². The molecule has 0 aromatic heterocycles. The molecule has 1 fully saturated rings. The molecule has 1 rings (SSSR count). The molecule has 2 nitrogen and oxygen atoms in total. The molecule has 2 heteroatoms. The van der Waals surface area contributed by atoms with E-state index < -0.39 is 0 Å². The zero-order chi connectivity index (χ0) is 10.4. The fraction of sp³-hybridized carbons (Fsp3) is 1.00. The van der Waals surface area contributed by atoms with Gasteiger partial charge in [0.2, 0.25) is 0 Å². The Balaban J connectivity index is 2.12. The minimum absolute atomic E-state index is 0.571. The predicted molar refractivity (Wildman–Crippen MR) is 60.5 cm³/mol. The molecule has 1 N–H and O–H groups in total. The summed E-state index contributed by atoms with van der Waals surface area (Å²) in [4.78, 5) is 0. The average molecular weight is 199 g/mol. The highest BCUT2D eigenvalue weighted by molar-refractivity contribution is 4.83. The molecule has 0 bridgehead atoms. The maximum atomic E-state index is 5.07. The molecule has 0 spiro atoms. The lowest BCUT2D eigenvalue weighted by Gasteiger charge is -2.26. The van der Waals surface area contributed by atoms with Crippen LogP contribution in [0.2, 0.25) is 0 Å². The molecule has 0 amide bonds. The monoisotopic (exact) mass is 199 g/mol. The summed E-state index contributed by atoms with van der Waals surface area (Å²) in [7, 11) is 1.77. The summed E-state index contributed by atoms with van der Waals surface area (Å²) in [6, 6.07) is 0.590. The number of hydrogen-bond acceptors (Lipinski definition) is 2. The van der Waals surface area contributed by atoms with Gasteiger partial charge < -0.3 is 10.1 Å². The number of methoxy groups -OCH3 is 1. The van der Waals surface area contributed by atoms with Crippen LogP contribution in [-0.2, 0) is 4.74 Å². The third kappa shape index (κ3) is 3.97. The molecule has 0 saturated heterocycles. The van der Waals surface area contributed by atoms with E-state index in [9.17, 15) is 0 Å². The van der Waals surface area contributed by atoms with Crippen LogP contribution in [0.25, 0.3) is 0 Å². The second-order valence-corrected chi connectivity index (χ2v) is 5.08. The first-order valence-corrected chi connectivity index (χ1v) is 5.89. The maximum absolute atomic E-state index is 5.07. The van der Waals surface area contributed by atoms with E-state index in [0.29, 0.717) is 11.5 Å². The zero-order valence-electron chi connectivity index (χ0n) is 9.94. The summed E-state index contributed by atoms with van der Waals surface area (Å²) >= 11 is 0. The smallest absolute Gasteiger partial charge is 0.0476 e. The van der Waals surface area contributed by atoms with E-state index in [0.717, 1.165) is 13.0 Å². The summed E-state index contributed by atoms with van der Waals surface area (Å²) in [5.74, 6) is 0. The van der Waals surface area contributed by atoms with E-state index in [1.165, 1.54) is 32.2 Å². The second-order valence-electron chi connectivity index (χ2n) is 5.08. The minimum Gasteiger partial charge on any atom is -0.385 e. The Morgan fingerprint density at radius 1 is 1.36 bits per heavy atom. The normalized spacial score (nSPS) is 22.5. The molecule has 0 heterocycles. The molecule has 1 atom stereocenters. The van der Waals surface area contributed by atoms with Crippen LogP contribution in [0.3, 0.4) is 0 Å². The van der Waals surface area contributed by atoms with Gasteiger partial charge in [0.25, 0.3) is 0 Å². The molecule has 1 aliphatic carbocycles. The molecule has 0 aliphatic heterocycles. The van der Waals surface area contributed by atoms with Gasteiger partial charge in [0.15, 0.2) is 0 Å². The van der Waals surface area contributed by atoms with E-state index in [2.05, 4.69) is 19.2 Å². The van der Waals surface area contributed by atoms with Crippen molar-refractivity contribution in [3.05, 3.63) is 0 Å². The van der Waals surface area contributed by atoms with Crippen LogP contribution in [0.5, 0.6) is 0 Å². The molecule has 84 valence electrons. The van der Waals surface area contributed by atoms with Gasteiger partial charge in [-0.3, -0.25) is 0 Å². The van der Waals surface area contributed by atoms with Gasteiger partial charge in [-0.25, -0.2) is 0 Å². The average Bonchev–Trinajstić information content (AvgIpc) is 2.60. The van der Waals surface area contributed by atoms with E-state index in [-0.39, 0.29) is 0 Å². The van der Waals surface area contributed by atoms with Crippen molar-refractivity contribution >= 4 is 0 Å². The van der Waals surface area contributed by atoms with Crippen LogP contribution in [0.15, 0.2) is 0 Å². The second kappa shape index (κ2) is 5.72. The third-order valence-electron chi connectivity index (χ3n) is 3.44. The first-order valence-electron chi connectivity index (χ1n) is 5.89. The van der Waals surface area contributed by atoms with Crippen LogP contribution in [0.1, 0.15) is 46.0 Å². The first-order chi connectivity index (χ1) is 6.66. The van der Waals surface area contributed by atoms with Crippen LogP contribution < -0.4 is 5.32 Å². The van der Waals surface area contributed by atoms with Crippen LogP contribution in [0.4, 0.5) is 0 Å². The van der Waals surface area contributed by atoms with Gasteiger partial charge in [0.1, 0.15) is 0 Å². The quantitative estimate of drug-likeness (QED) is 0.710. The molecule has 0 aromatic rings. The van der Waals surface area contributed by atoms with Crippen molar-refractivity contribution in [1.82, 2.24) is 5.32 Å². The summed E-state index contributed by atoms with van der Waals surface area (Å²) < 4.78 is 5.07. The Bertz CT molecular complexity index is 152. The van der Waals surface area contributed by atoms with Crippen molar-refractivity contribution in [1.29, 1.82) is 0 Å². The van der Waals surface area contributed by atoms with E-state index >= 15 is 0 Å². The van der Waals surface area contributed by atoms with Crippen molar-refractivity contribution in [2.24, 2.45) is 5.41 Å². The number of nitrogens with one attached hydrogen (secondary N) is 1. The third-order valence-corrected chi connectivity index (χ3v) is 3.44. The highest BCUT2D eigenvalue weighted by Gasteiger charge is 2.28. The van der Waals surface area contributed by atoms with Crippen molar-refractivity contribution in [2.45, 2.75) is 52.0 Å². The number of ether oxygens (including phenoxy) is 1. The SMILES string of the molecule is COCCC(C)NCC1(C)CCCC1. The molecular weight excluding hydrogens is 174 g/mol. The van der Waals surface area contributed by atoms with Crippen molar-refractivity contribution < 1.29 is 4.74 Å². The molecule has 1 saturated carbocycles. The molecule has 0 radical (unpaired) electrons. The van der Waals surface area contributed by atoms with Crippen LogP contribution in [0, 0.1) is 5.41 Å². The standard InChI is InChI=1S/C12H25NO/c1-11(6-9-14-3)13-10-12(2)7-4-5-8-12/h11,13H,4-10H2,1-3H3. The Morgan fingerprint density at radius 3 is 2.57 bits per heavy atom. The highest BCUT2D eigenvalue weighted by atomic mass is 16.5. The van der Waals surface area contributed by atoms with Crippen molar-refractivity contribution in [2.75, 3.05) is 20.3 Å². The van der Waals surface area contributed by atoms with Crippen LogP contribution in [-0.4, -0.2) is 26.3 Å². The highest BCUT2D eigenvalue weighted by Crippen LogP contribution is 2.36. The minimum atomic E-state index is 0.571. The summed E-state index contributed by atoms with van der Waals surface area (Å²) in [6.45, 7) is 6.70. The van der Waals surface area contributed by atoms with E-state index in [1.54, 1.807) is 7.11 Å². The molecule has 0 aromatic carbocycles. The molecule has 1 unspecified atom stereocenters. The lowest BCUT2D eigenvalue weighted by atomic mass is 9.88. The topological polar surface area (TPSA) is 21.3 Å². The first kappa shape index (κ1) is 12.0. The summed E-state index contributed by atoms with van der Waals surface area (Å²) in [5, 5.41) is 3.62. The summed E-state index contributed by atoms with van der Waals surface area (Å²) in [6.07, 6.45) is 6.76. The molecule has 1 aliphatic rings. The van der Waals surface area contributed by atoms with Gasteiger partial charge in [0.05, 0.1) is 0 Å². The van der Waals surface area contributed by atoms with Gasteiger partial charge in [-0.05, 0) is 31.6 Å². The predicted octanol–water partition coefficient (Wildman–Crippen LogP) is 2.58. The lowest BCUT2D eigenvalue weighted by molar-refractivity contribution is 0.181.